The van der Waals surface area contributed by atoms with E-state index in [0.717, 1.165) is 0 Å². The van der Waals surface area contributed by atoms with Crippen LogP contribution in [0.4, 0.5) is 4.79 Å². The van der Waals surface area contributed by atoms with Crippen LogP contribution in [-0.2, 0) is 15.0 Å². The molecule has 0 aliphatic carbocycles. The minimum absolute atomic E-state index is 0.300. The van der Waals surface area contributed by atoms with Gasteiger partial charge in [-0.05, 0) is 12.8 Å². The minimum atomic E-state index is -3.45. The molecule has 3 amide bonds. The Labute approximate surface area is 157 Å². The van der Waals surface area contributed by atoms with Crippen LogP contribution in [0.1, 0.15) is 34.6 Å². The summed E-state index contributed by atoms with van der Waals surface area (Å²) in [6.07, 6.45) is 0. The highest BCUT2D eigenvalue weighted by Gasteiger charge is 2.33. The van der Waals surface area contributed by atoms with E-state index in [1.165, 1.54) is 8.61 Å². The average molecular weight is 392 g/mol. The molecule has 1 atom stereocenters. The van der Waals surface area contributed by atoms with Crippen molar-refractivity contribution < 1.29 is 18.0 Å². The molecule has 0 spiro atoms. The van der Waals surface area contributed by atoms with Gasteiger partial charge in [0.2, 0.25) is 5.91 Å². The first-order valence-corrected chi connectivity index (χ1v) is 10.6. The fourth-order valence-electron chi connectivity index (χ4n) is 2.76. The number of rotatable bonds is 8. The van der Waals surface area contributed by atoms with Gasteiger partial charge in [0.1, 0.15) is 0 Å². The Balaban J connectivity index is 2.54. The molecule has 152 valence electrons. The van der Waals surface area contributed by atoms with E-state index in [2.05, 4.69) is 10.6 Å². The molecule has 1 heterocycles. The molecule has 2 N–H and O–H groups in total. The molecular formula is C16H33N5O4S. The highest BCUT2D eigenvalue weighted by Crippen LogP contribution is 2.13. The van der Waals surface area contributed by atoms with Gasteiger partial charge in [0, 0.05) is 45.8 Å². The Bertz CT molecular complexity index is 569. The number of hydrogen-bond donors (Lipinski definition) is 2. The summed E-state index contributed by atoms with van der Waals surface area (Å²) < 4.78 is 27.9. The predicted octanol–water partition coefficient (Wildman–Crippen LogP) is 0.0609. The second-order valence-corrected chi connectivity index (χ2v) is 8.72. The van der Waals surface area contributed by atoms with Gasteiger partial charge in [-0.15, -0.1) is 0 Å². The van der Waals surface area contributed by atoms with Crippen LogP contribution >= 0.6 is 0 Å². The average Bonchev–Trinajstić information content (AvgIpc) is 2.60. The zero-order valence-corrected chi connectivity index (χ0v) is 17.3. The number of amides is 3. The van der Waals surface area contributed by atoms with Crippen molar-refractivity contribution in [2.24, 2.45) is 5.92 Å². The monoisotopic (exact) mass is 391 g/mol. The first kappa shape index (κ1) is 22.8. The van der Waals surface area contributed by atoms with Gasteiger partial charge in [0.25, 0.3) is 10.2 Å². The summed E-state index contributed by atoms with van der Waals surface area (Å²) in [7, 11) is -3.45. The van der Waals surface area contributed by atoms with Crippen molar-refractivity contribution in [1.29, 1.82) is 0 Å². The molecule has 1 aliphatic rings. The molecule has 26 heavy (non-hydrogen) atoms. The van der Waals surface area contributed by atoms with Crippen molar-refractivity contribution in [2.45, 2.75) is 40.7 Å². The highest BCUT2D eigenvalue weighted by atomic mass is 32.2. The summed E-state index contributed by atoms with van der Waals surface area (Å²) in [6, 6.07) is -1.00. The van der Waals surface area contributed by atoms with Crippen molar-refractivity contribution in [2.75, 3.05) is 45.8 Å². The van der Waals surface area contributed by atoms with Gasteiger partial charge in [-0.1, -0.05) is 27.7 Å². The zero-order chi connectivity index (χ0) is 19.9. The number of piperazine rings is 1. The lowest BCUT2D eigenvalue weighted by Gasteiger charge is -2.38. The van der Waals surface area contributed by atoms with Crippen LogP contribution in [0.3, 0.4) is 0 Å². The molecule has 1 aliphatic heterocycles. The number of carbonyl (C=O) groups excluding carboxylic acids is 2. The number of urea groups is 1. The lowest BCUT2D eigenvalue weighted by molar-refractivity contribution is -0.125. The first-order valence-electron chi connectivity index (χ1n) is 9.21. The fraction of sp³-hybridized carbons (Fsp3) is 0.875. The summed E-state index contributed by atoms with van der Waals surface area (Å²) in [5.74, 6) is -0.0829. The van der Waals surface area contributed by atoms with Gasteiger partial charge >= 0.3 is 6.03 Å². The van der Waals surface area contributed by atoms with Crippen LogP contribution in [0.25, 0.3) is 0 Å². The molecule has 10 heteroatoms. The van der Waals surface area contributed by atoms with E-state index >= 15 is 0 Å². The van der Waals surface area contributed by atoms with Crippen LogP contribution in [0.15, 0.2) is 0 Å². The Morgan fingerprint density at radius 1 is 1.04 bits per heavy atom. The Morgan fingerprint density at radius 3 is 2.04 bits per heavy atom. The predicted molar refractivity (Wildman–Crippen MR) is 101 cm³/mol. The second kappa shape index (κ2) is 10.2. The van der Waals surface area contributed by atoms with Crippen molar-refractivity contribution in [3.8, 4) is 0 Å². The molecule has 0 aromatic heterocycles. The topological polar surface area (TPSA) is 102 Å². The maximum absolute atomic E-state index is 12.5. The van der Waals surface area contributed by atoms with E-state index in [4.69, 9.17) is 0 Å². The van der Waals surface area contributed by atoms with Crippen molar-refractivity contribution in [3.63, 3.8) is 0 Å². The minimum Gasteiger partial charge on any atom is -0.338 e. The maximum Gasteiger partial charge on any atom is 0.321 e. The van der Waals surface area contributed by atoms with Crippen LogP contribution in [0, 0.1) is 5.92 Å². The molecule has 0 bridgehead atoms. The molecule has 9 nitrogen and oxygen atoms in total. The Kier molecular flexibility index (Phi) is 8.94. The SMILES string of the molecule is CCN(CC)S(=O)(=O)N1CCN([C@@H](C)C(=O)NC(=O)NCC(C)C)CC1. The second-order valence-electron chi connectivity index (χ2n) is 6.80. The van der Waals surface area contributed by atoms with Crippen LogP contribution in [0.2, 0.25) is 0 Å². The summed E-state index contributed by atoms with van der Waals surface area (Å²) in [5.41, 5.74) is 0. The quantitative estimate of drug-likeness (QED) is 0.609. The number of nitrogens with zero attached hydrogens (tertiary/aromatic N) is 3. The molecule has 0 saturated carbocycles. The van der Waals surface area contributed by atoms with Gasteiger partial charge in [-0.3, -0.25) is 15.0 Å². The smallest absolute Gasteiger partial charge is 0.321 e. The van der Waals surface area contributed by atoms with Crippen molar-refractivity contribution in [3.05, 3.63) is 0 Å². The van der Waals surface area contributed by atoms with Crippen LogP contribution in [0.5, 0.6) is 0 Å². The maximum atomic E-state index is 12.5. The number of hydrogen-bond acceptors (Lipinski definition) is 5. The van der Waals surface area contributed by atoms with E-state index in [1.54, 1.807) is 6.92 Å². The number of carbonyl (C=O) groups is 2. The fourth-order valence-corrected chi connectivity index (χ4v) is 4.36. The summed E-state index contributed by atoms with van der Waals surface area (Å²) in [4.78, 5) is 25.8. The van der Waals surface area contributed by atoms with Gasteiger partial charge in [-0.2, -0.15) is 17.0 Å². The van der Waals surface area contributed by atoms with Gasteiger partial charge < -0.3 is 5.32 Å². The molecule has 0 unspecified atom stereocenters. The van der Waals surface area contributed by atoms with Crippen LogP contribution in [-0.4, -0.2) is 85.7 Å². The van der Waals surface area contributed by atoms with Gasteiger partial charge in [0.15, 0.2) is 0 Å². The molecule has 1 fully saturated rings. The third-order valence-corrected chi connectivity index (χ3v) is 6.65. The van der Waals surface area contributed by atoms with E-state index < -0.39 is 22.3 Å². The molecular weight excluding hydrogens is 358 g/mol. The first-order chi connectivity index (χ1) is 12.1. The molecule has 0 aromatic carbocycles. The highest BCUT2D eigenvalue weighted by molar-refractivity contribution is 7.86. The van der Waals surface area contributed by atoms with Crippen molar-refractivity contribution >= 4 is 22.1 Å². The molecule has 0 radical (unpaired) electrons. The lowest BCUT2D eigenvalue weighted by atomic mass is 10.2. The summed E-state index contributed by atoms with van der Waals surface area (Å²) in [6.45, 7) is 12.2. The normalized spacial score (nSPS) is 18.1. The van der Waals surface area contributed by atoms with E-state index in [9.17, 15) is 18.0 Å². The standard InChI is InChI=1S/C16H33N5O4S/c1-6-20(7-2)26(24,25)21-10-8-19(9-11-21)14(5)15(22)18-16(23)17-12-13(3)4/h13-14H,6-12H2,1-5H3,(H2,17,18,22,23)/t14-/m0/s1. The van der Waals surface area contributed by atoms with E-state index in [1.807, 2.05) is 32.6 Å². The zero-order valence-electron chi connectivity index (χ0n) is 16.5. The Hall–Kier alpha value is -1.23. The summed E-state index contributed by atoms with van der Waals surface area (Å²) in [5, 5.41) is 4.98. The van der Waals surface area contributed by atoms with Gasteiger partial charge in [0.05, 0.1) is 6.04 Å². The van der Waals surface area contributed by atoms with E-state index in [0.29, 0.717) is 51.7 Å². The number of imide groups is 1. The molecule has 1 rings (SSSR count). The largest absolute Gasteiger partial charge is 0.338 e. The van der Waals surface area contributed by atoms with E-state index in [-0.39, 0.29) is 5.91 Å². The molecule has 0 aromatic rings. The third-order valence-electron chi connectivity index (χ3n) is 4.47. The van der Waals surface area contributed by atoms with Gasteiger partial charge in [-0.25, -0.2) is 4.79 Å². The molecule has 1 saturated heterocycles. The van der Waals surface area contributed by atoms with Crippen molar-refractivity contribution in [1.82, 2.24) is 24.1 Å². The number of nitrogens with one attached hydrogen (secondary N) is 2. The lowest BCUT2D eigenvalue weighted by Crippen LogP contribution is -2.57. The Morgan fingerprint density at radius 2 is 1.58 bits per heavy atom. The van der Waals surface area contributed by atoms with Crippen LogP contribution < -0.4 is 10.6 Å². The third kappa shape index (κ3) is 6.19. The summed E-state index contributed by atoms with van der Waals surface area (Å²) >= 11 is 0.